The first-order valence-corrected chi connectivity index (χ1v) is 9.20. The van der Waals surface area contributed by atoms with Gasteiger partial charge in [-0.1, -0.05) is 0 Å². The molecule has 0 radical (unpaired) electrons. The number of amides is 1. The summed E-state index contributed by atoms with van der Waals surface area (Å²) in [5, 5.41) is 3.58. The highest BCUT2D eigenvalue weighted by atomic mass is 16.5. The molecule has 7 heteroatoms. The highest BCUT2D eigenvalue weighted by molar-refractivity contribution is 6.04. The number of pyridine rings is 1. The van der Waals surface area contributed by atoms with Crippen molar-refractivity contribution in [2.75, 3.05) is 23.3 Å². The van der Waals surface area contributed by atoms with E-state index in [9.17, 15) is 9.59 Å². The van der Waals surface area contributed by atoms with Crippen molar-refractivity contribution in [3.63, 3.8) is 0 Å². The van der Waals surface area contributed by atoms with Crippen molar-refractivity contribution in [1.82, 2.24) is 4.98 Å². The molecule has 1 fully saturated rings. The number of hydrogen-bond acceptors (Lipinski definition) is 6. The normalized spacial score (nSPS) is 19.6. The number of rotatable bonds is 3. The Balaban J connectivity index is 1.48. The van der Waals surface area contributed by atoms with Crippen molar-refractivity contribution in [3.8, 4) is 0 Å². The van der Waals surface area contributed by atoms with Gasteiger partial charge in [-0.15, -0.1) is 0 Å². The molecule has 2 unspecified atom stereocenters. The van der Waals surface area contributed by atoms with Crippen LogP contribution >= 0.6 is 0 Å². The molecule has 4 rings (SSSR count). The lowest BCUT2D eigenvalue weighted by atomic mass is 10.2. The number of morpholine rings is 1. The summed E-state index contributed by atoms with van der Waals surface area (Å²) in [6.45, 7) is 5.63. The number of nitrogens with zero attached hydrogens (tertiary/aromatic N) is 2. The maximum Gasteiger partial charge on any atom is 0.336 e. The molecule has 28 heavy (non-hydrogen) atoms. The maximum atomic E-state index is 12.5. The third-order valence-corrected chi connectivity index (χ3v) is 4.63. The highest BCUT2D eigenvalue weighted by Gasteiger charge is 2.23. The fraction of sp³-hybridized carbons (Fsp3) is 0.286. The Morgan fingerprint density at radius 1 is 1.11 bits per heavy atom. The number of nitrogens with one attached hydrogen (secondary N) is 1. The lowest BCUT2D eigenvalue weighted by Crippen LogP contribution is -2.45. The van der Waals surface area contributed by atoms with Crippen LogP contribution in [-0.4, -0.2) is 36.2 Å². The van der Waals surface area contributed by atoms with Crippen molar-refractivity contribution in [2.45, 2.75) is 26.1 Å². The van der Waals surface area contributed by atoms with Crippen LogP contribution in [0.1, 0.15) is 24.2 Å². The first-order chi connectivity index (χ1) is 13.5. The summed E-state index contributed by atoms with van der Waals surface area (Å²) in [5.41, 5.74) is 1.16. The second kappa shape index (κ2) is 7.44. The molecular formula is C21H21N3O4. The molecule has 0 aliphatic carbocycles. The van der Waals surface area contributed by atoms with E-state index >= 15 is 0 Å². The third kappa shape index (κ3) is 3.89. The smallest absolute Gasteiger partial charge is 0.336 e. The second-order valence-corrected chi connectivity index (χ2v) is 7.03. The van der Waals surface area contributed by atoms with Gasteiger partial charge in [0.05, 0.1) is 17.8 Å². The number of anilines is 2. The second-order valence-electron chi connectivity index (χ2n) is 7.03. The van der Waals surface area contributed by atoms with E-state index in [0.29, 0.717) is 16.8 Å². The lowest BCUT2D eigenvalue weighted by Gasteiger charge is -2.36. The van der Waals surface area contributed by atoms with Crippen molar-refractivity contribution >= 4 is 28.4 Å². The lowest BCUT2D eigenvalue weighted by molar-refractivity contribution is -0.00546. The van der Waals surface area contributed by atoms with Crippen molar-refractivity contribution in [1.29, 1.82) is 0 Å². The van der Waals surface area contributed by atoms with Crippen LogP contribution in [0, 0.1) is 0 Å². The van der Waals surface area contributed by atoms with E-state index in [0.717, 1.165) is 24.3 Å². The van der Waals surface area contributed by atoms with E-state index < -0.39 is 5.63 Å². The van der Waals surface area contributed by atoms with Gasteiger partial charge in [0, 0.05) is 36.4 Å². The molecule has 0 spiro atoms. The number of benzene rings is 1. The van der Waals surface area contributed by atoms with Crippen molar-refractivity contribution < 1.29 is 13.9 Å². The Morgan fingerprint density at radius 3 is 2.61 bits per heavy atom. The monoisotopic (exact) mass is 379 g/mol. The quantitative estimate of drug-likeness (QED) is 0.704. The van der Waals surface area contributed by atoms with Crippen LogP contribution in [0.3, 0.4) is 0 Å². The SMILES string of the molecule is CC1CN(c2ccc(C(=O)Nc3ccc4oc(=O)ccc4c3)cn2)CC(C)O1. The molecule has 1 amide bonds. The average Bonchev–Trinajstić information content (AvgIpc) is 2.67. The third-order valence-electron chi connectivity index (χ3n) is 4.63. The number of carbonyl (C=O) groups excluding carboxylic acids is 1. The van der Waals surface area contributed by atoms with Gasteiger partial charge < -0.3 is 19.4 Å². The Labute approximate surface area is 161 Å². The molecule has 7 nitrogen and oxygen atoms in total. The molecule has 0 saturated carbocycles. The number of hydrogen-bond donors (Lipinski definition) is 1. The van der Waals surface area contributed by atoms with E-state index in [4.69, 9.17) is 9.15 Å². The molecule has 1 saturated heterocycles. The molecule has 1 aliphatic rings. The first-order valence-electron chi connectivity index (χ1n) is 9.20. The van der Waals surface area contributed by atoms with Gasteiger partial charge in [-0.3, -0.25) is 4.79 Å². The van der Waals surface area contributed by atoms with Crippen LogP contribution in [0.25, 0.3) is 11.0 Å². The summed E-state index contributed by atoms with van der Waals surface area (Å²) >= 11 is 0. The fourth-order valence-electron chi connectivity index (χ4n) is 3.43. The van der Waals surface area contributed by atoms with Crippen LogP contribution in [0.15, 0.2) is 57.9 Å². The van der Waals surface area contributed by atoms with Gasteiger partial charge in [0.15, 0.2) is 0 Å². The summed E-state index contributed by atoms with van der Waals surface area (Å²) in [6.07, 6.45) is 1.87. The minimum absolute atomic E-state index is 0.144. The Bertz CT molecular complexity index is 1050. The van der Waals surface area contributed by atoms with Crippen LogP contribution in [-0.2, 0) is 4.74 Å². The van der Waals surface area contributed by atoms with Crippen LogP contribution in [0.2, 0.25) is 0 Å². The zero-order chi connectivity index (χ0) is 19.7. The van der Waals surface area contributed by atoms with E-state index in [1.165, 1.54) is 6.07 Å². The molecule has 3 aromatic rings. The topological polar surface area (TPSA) is 84.7 Å². The number of fused-ring (bicyclic) bond motifs is 1. The molecule has 3 heterocycles. The van der Waals surface area contributed by atoms with E-state index in [2.05, 4.69) is 15.2 Å². The summed E-state index contributed by atoms with van der Waals surface area (Å²) in [6, 6.07) is 11.8. The van der Waals surface area contributed by atoms with Crippen molar-refractivity contribution in [2.24, 2.45) is 0 Å². The molecule has 0 bridgehead atoms. The molecule has 1 N–H and O–H groups in total. The Hall–Kier alpha value is -3.19. The van der Waals surface area contributed by atoms with Crippen molar-refractivity contribution in [3.05, 3.63) is 64.6 Å². The Morgan fingerprint density at radius 2 is 1.89 bits per heavy atom. The Kier molecular flexibility index (Phi) is 4.83. The van der Waals surface area contributed by atoms with Gasteiger partial charge in [0.1, 0.15) is 11.4 Å². The van der Waals surface area contributed by atoms with Gasteiger partial charge in [-0.25, -0.2) is 9.78 Å². The fourth-order valence-corrected chi connectivity index (χ4v) is 3.43. The minimum atomic E-state index is -0.403. The van der Waals surface area contributed by atoms with E-state index in [-0.39, 0.29) is 18.1 Å². The van der Waals surface area contributed by atoms with E-state index in [1.807, 2.05) is 19.9 Å². The van der Waals surface area contributed by atoms with Crippen LogP contribution in [0.5, 0.6) is 0 Å². The predicted octanol–water partition coefficient (Wildman–Crippen LogP) is 3.05. The van der Waals surface area contributed by atoms with E-state index in [1.54, 1.807) is 36.5 Å². The zero-order valence-corrected chi connectivity index (χ0v) is 15.7. The summed E-state index contributed by atoms with van der Waals surface area (Å²) in [5.74, 6) is 0.582. The maximum absolute atomic E-state index is 12.5. The molecular weight excluding hydrogens is 358 g/mol. The van der Waals surface area contributed by atoms with Gasteiger partial charge in [0.2, 0.25) is 0 Å². The summed E-state index contributed by atoms with van der Waals surface area (Å²) in [7, 11) is 0. The van der Waals surface area contributed by atoms with Gasteiger partial charge >= 0.3 is 5.63 Å². The summed E-state index contributed by atoms with van der Waals surface area (Å²) < 4.78 is 10.8. The molecule has 1 aliphatic heterocycles. The predicted molar refractivity (Wildman–Crippen MR) is 107 cm³/mol. The number of ether oxygens (including phenoxy) is 1. The molecule has 2 aromatic heterocycles. The largest absolute Gasteiger partial charge is 0.423 e. The van der Waals surface area contributed by atoms with Gasteiger partial charge in [0.25, 0.3) is 5.91 Å². The van der Waals surface area contributed by atoms with Crippen LogP contribution in [0.4, 0.5) is 11.5 Å². The highest BCUT2D eigenvalue weighted by Crippen LogP contribution is 2.20. The standard InChI is InChI=1S/C21H21N3O4/c1-13-11-24(12-14(2)27-13)19-7-3-16(10-22-19)21(26)23-17-5-6-18-15(9-17)4-8-20(25)28-18/h3-10,13-14H,11-12H2,1-2H3,(H,23,26). The molecule has 1 aromatic carbocycles. The van der Waals surface area contributed by atoms with Gasteiger partial charge in [-0.2, -0.15) is 0 Å². The minimum Gasteiger partial charge on any atom is -0.423 e. The summed E-state index contributed by atoms with van der Waals surface area (Å²) in [4.78, 5) is 30.4. The van der Waals surface area contributed by atoms with Crippen LogP contribution < -0.4 is 15.8 Å². The first kappa shape index (κ1) is 18.2. The average molecular weight is 379 g/mol. The molecule has 144 valence electrons. The van der Waals surface area contributed by atoms with Gasteiger partial charge in [-0.05, 0) is 50.2 Å². The molecule has 2 atom stereocenters. The number of aromatic nitrogens is 1. The zero-order valence-electron chi connectivity index (χ0n) is 15.7. The number of carbonyl (C=O) groups is 1.